The first-order valence-corrected chi connectivity index (χ1v) is 9.31. The van der Waals surface area contributed by atoms with Crippen molar-refractivity contribution in [3.63, 3.8) is 0 Å². The van der Waals surface area contributed by atoms with Crippen molar-refractivity contribution in [3.05, 3.63) is 60.2 Å². The number of benzene rings is 2. The van der Waals surface area contributed by atoms with Crippen molar-refractivity contribution < 1.29 is 0 Å². The first-order chi connectivity index (χ1) is 11.7. The lowest BCUT2D eigenvalue weighted by atomic mass is 10.00. The van der Waals surface area contributed by atoms with Crippen molar-refractivity contribution in [2.45, 2.75) is 39.3 Å². The summed E-state index contributed by atoms with van der Waals surface area (Å²) in [6.45, 7) is 9.21. The summed E-state index contributed by atoms with van der Waals surface area (Å²) in [7, 11) is 0. The molecule has 1 heterocycles. The largest absolute Gasteiger partial charge is 0.317 e. The molecule has 0 spiro atoms. The van der Waals surface area contributed by atoms with Gasteiger partial charge >= 0.3 is 0 Å². The third kappa shape index (κ3) is 4.68. The van der Waals surface area contributed by atoms with Crippen LogP contribution in [-0.4, -0.2) is 30.6 Å². The van der Waals surface area contributed by atoms with Gasteiger partial charge in [0.15, 0.2) is 0 Å². The number of hydrogen-bond acceptors (Lipinski definition) is 2. The molecule has 0 unspecified atom stereocenters. The topological polar surface area (TPSA) is 15.3 Å². The van der Waals surface area contributed by atoms with Gasteiger partial charge in [-0.3, -0.25) is 4.90 Å². The number of nitrogens with zero attached hydrogens (tertiary/aromatic N) is 1. The normalized spacial score (nSPS) is 16.0. The van der Waals surface area contributed by atoms with Gasteiger partial charge in [-0.2, -0.15) is 0 Å². The second kappa shape index (κ2) is 8.46. The van der Waals surface area contributed by atoms with Gasteiger partial charge in [-0.1, -0.05) is 62.4 Å². The molecule has 0 atom stereocenters. The summed E-state index contributed by atoms with van der Waals surface area (Å²) in [4.78, 5) is 2.70. The quantitative estimate of drug-likeness (QED) is 0.838. The molecule has 1 aliphatic heterocycles. The Hall–Kier alpha value is -1.64. The minimum absolute atomic E-state index is 0.706. The van der Waals surface area contributed by atoms with Gasteiger partial charge in [0.2, 0.25) is 0 Å². The molecule has 1 fully saturated rings. The Labute approximate surface area is 146 Å². The first kappa shape index (κ1) is 17.2. The highest BCUT2D eigenvalue weighted by Crippen LogP contribution is 2.23. The molecule has 3 rings (SSSR count). The number of rotatable bonds is 6. The van der Waals surface area contributed by atoms with Crippen LogP contribution in [0.1, 0.15) is 32.3 Å². The molecule has 2 nitrogen and oxygen atoms in total. The standard InChI is InChI=1S/C22H30N2/c1-18(2)16-24(22-11-13-23-14-12-22)17-19-7-6-10-21(15-19)20-8-4-3-5-9-20/h3-10,15,18,22-23H,11-14,16-17H2,1-2H3. The Morgan fingerprint density at radius 2 is 1.67 bits per heavy atom. The van der Waals surface area contributed by atoms with E-state index in [-0.39, 0.29) is 0 Å². The zero-order valence-electron chi connectivity index (χ0n) is 15.0. The van der Waals surface area contributed by atoms with Gasteiger partial charge in [0.1, 0.15) is 0 Å². The van der Waals surface area contributed by atoms with Crippen molar-refractivity contribution in [1.82, 2.24) is 10.2 Å². The van der Waals surface area contributed by atoms with Crippen molar-refractivity contribution >= 4 is 0 Å². The van der Waals surface area contributed by atoms with Crippen LogP contribution in [0.25, 0.3) is 11.1 Å². The van der Waals surface area contributed by atoms with Crippen molar-refractivity contribution in [1.29, 1.82) is 0 Å². The van der Waals surface area contributed by atoms with Crippen molar-refractivity contribution in [2.75, 3.05) is 19.6 Å². The molecule has 128 valence electrons. The van der Waals surface area contributed by atoms with E-state index in [0.717, 1.165) is 19.6 Å². The highest BCUT2D eigenvalue weighted by Gasteiger charge is 2.21. The van der Waals surface area contributed by atoms with E-state index in [1.807, 2.05) is 0 Å². The smallest absolute Gasteiger partial charge is 0.0237 e. The number of nitrogens with one attached hydrogen (secondary N) is 1. The van der Waals surface area contributed by atoms with Gasteiger partial charge in [-0.15, -0.1) is 0 Å². The summed E-state index contributed by atoms with van der Waals surface area (Å²) in [5.74, 6) is 0.706. The minimum Gasteiger partial charge on any atom is -0.317 e. The van der Waals surface area contributed by atoms with E-state index < -0.39 is 0 Å². The number of piperidine rings is 1. The minimum atomic E-state index is 0.706. The molecule has 2 heteroatoms. The van der Waals surface area contributed by atoms with E-state index in [2.05, 4.69) is 78.7 Å². The summed E-state index contributed by atoms with van der Waals surface area (Å²) in [6.07, 6.45) is 2.54. The molecular weight excluding hydrogens is 292 g/mol. The van der Waals surface area contributed by atoms with Crippen LogP contribution in [0.3, 0.4) is 0 Å². The van der Waals surface area contributed by atoms with Gasteiger partial charge in [0.25, 0.3) is 0 Å². The molecule has 0 aromatic heterocycles. The maximum atomic E-state index is 3.49. The molecule has 1 N–H and O–H groups in total. The van der Waals surface area contributed by atoms with Gasteiger partial charge in [0, 0.05) is 19.1 Å². The molecule has 0 radical (unpaired) electrons. The van der Waals surface area contributed by atoms with Crippen molar-refractivity contribution in [2.24, 2.45) is 5.92 Å². The van der Waals surface area contributed by atoms with E-state index in [1.54, 1.807) is 0 Å². The molecule has 1 aliphatic rings. The highest BCUT2D eigenvalue weighted by atomic mass is 15.2. The highest BCUT2D eigenvalue weighted by molar-refractivity contribution is 5.63. The Balaban J connectivity index is 1.76. The van der Waals surface area contributed by atoms with Crippen LogP contribution in [0.4, 0.5) is 0 Å². The van der Waals surface area contributed by atoms with Gasteiger partial charge in [0.05, 0.1) is 0 Å². The lowest BCUT2D eigenvalue weighted by Gasteiger charge is -2.36. The average molecular weight is 322 g/mol. The molecule has 24 heavy (non-hydrogen) atoms. The predicted octanol–water partition coefficient (Wildman–Crippen LogP) is 4.56. The van der Waals surface area contributed by atoms with Crippen LogP contribution >= 0.6 is 0 Å². The van der Waals surface area contributed by atoms with E-state index in [1.165, 1.54) is 36.1 Å². The summed E-state index contributed by atoms with van der Waals surface area (Å²) in [5.41, 5.74) is 4.05. The first-order valence-electron chi connectivity index (χ1n) is 9.31. The predicted molar refractivity (Wildman–Crippen MR) is 103 cm³/mol. The van der Waals surface area contributed by atoms with E-state index in [9.17, 15) is 0 Å². The van der Waals surface area contributed by atoms with E-state index in [0.29, 0.717) is 12.0 Å². The van der Waals surface area contributed by atoms with Crippen LogP contribution in [0.2, 0.25) is 0 Å². The Bertz CT molecular complexity index is 615. The summed E-state index contributed by atoms with van der Waals surface area (Å²) in [5, 5.41) is 3.49. The summed E-state index contributed by atoms with van der Waals surface area (Å²) in [6, 6.07) is 20.5. The van der Waals surface area contributed by atoms with Crippen molar-refractivity contribution in [3.8, 4) is 11.1 Å². The van der Waals surface area contributed by atoms with Crippen LogP contribution < -0.4 is 5.32 Å². The molecular formula is C22H30N2. The molecule has 0 bridgehead atoms. The zero-order valence-corrected chi connectivity index (χ0v) is 15.0. The molecule has 0 saturated carbocycles. The van der Waals surface area contributed by atoms with Gasteiger partial charge < -0.3 is 5.32 Å². The lowest BCUT2D eigenvalue weighted by molar-refractivity contribution is 0.137. The Morgan fingerprint density at radius 3 is 2.38 bits per heavy atom. The molecule has 0 amide bonds. The maximum Gasteiger partial charge on any atom is 0.0237 e. The number of hydrogen-bond donors (Lipinski definition) is 1. The SMILES string of the molecule is CC(C)CN(Cc1cccc(-c2ccccc2)c1)C1CCNCC1. The van der Waals surface area contributed by atoms with E-state index in [4.69, 9.17) is 0 Å². The maximum absolute atomic E-state index is 3.49. The van der Waals surface area contributed by atoms with Crippen LogP contribution in [-0.2, 0) is 6.54 Å². The van der Waals surface area contributed by atoms with Crippen LogP contribution in [0.5, 0.6) is 0 Å². The van der Waals surface area contributed by atoms with Crippen LogP contribution in [0, 0.1) is 5.92 Å². The van der Waals surface area contributed by atoms with Gasteiger partial charge in [-0.05, 0) is 54.6 Å². The Kier molecular flexibility index (Phi) is 6.06. The second-order valence-corrected chi connectivity index (χ2v) is 7.37. The average Bonchev–Trinajstić information content (AvgIpc) is 2.62. The lowest BCUT2D eigenvalue weighted by Crippen LogP contribution is -2.44. The van der Waals surface area contributed by atoms with E-state index >= 15 is 0 Å². The Morgan fingerprint density at radius 1 is 0.958 bits per heavy atom. The third-order valence-electron chi connectivity index (χ3n) is 4.84. The molecule has 2 aromatic rings. The third-order valence-corrected chi connectivity index (χ3v) is 4.84. The zero-order chi connectivity index (χ0) is 16.8. The fraction of sp³-hybridized carbons (Fsp3) is 0.455. The second-order valence-electron chi connectivity index (χ2n) is 7.37. The molecule has 2 aromatic carbocycles. The molecule has 0 aliphatic carbocycles. The molecule has 1 saturated heterocycles. The summed E-state index contributed by atoms with van der Waals surface area (Å²) >= 11 is 0. The van der Waals surface area contributed by atoms with Gasteiger partial charge in [-0.25, -0.2) is 0 Å². The monoisotopic (exact) mass is 322 g/mol. The fourth-order valence-corrected chi connectivity index (χ4v) is 3.70. The van der Waals surface area contributed by atoms with Crippen LogP contribution in [0.15, 0.2) is 54.6 Å². The summed E-state index contributed by atoms with van der Waals surface area (Å²) < 4.78 is 0. The fourth-order valence-electron chi connectivity index (χ4n) is 3.70.